The van der Waals surface area contributed by atoms with Gasteiger partial charge in [0, 0.05) is 26.5 Å². The molecule has 2 aromatic carbocycles. The largest absolute Gasteiger partial charge is 0.455 e. The Morgan fingerprint density at radius 1 is 1.00 bits per heavy atom. The molecule has 0 aliphatic carbocycles. The van der Waals surface area contributed by atoms with E-state index in [-0.39, 0.29) is 5.91 Å². The highest BCUT2D eigenvalue weighted by Crippen LogP contribution is 2.29. The van der Waals surface area contributed by atoms with Gasteiger partial charge in [0.25, 0.3) is 5.91 Å². The first kappa shape index (κ1) is 19.4. The van der Waals surface area contributed by atoms with Gasteiger partial charge in [-0.2, -0.15) is 0 Å². The smallest absolute Gasteiger partial charge is 0.257 e. The third-order valence-corrected chi connectivity index (χ3v) is 3.96. The molecule has 0 spiro atoms. The number of benzene rings is 2. The number of amides is 1. The SMILES string of the molecule is COCCCNc1ccc(C(=O)Nc2ccccc2Oc2ccccc2)cn1. The molecule has 1 aromatic heterocycles. The van der Waals surface area contributed by atoms with Crippen LogP contribution in [0.2, 0.25) is 0 Å². The molecule has 6 heteroatoms. The first-order valence-corrected chi connectivity index (χ1v) is 9.08. The Hall–Kier alpha value is -3.38. The topological polar surface area (TPSA) is 72.5 Å². The van der Waals surface area contributed by atoms with Crippen LogP contribution in [0.15, 0.2) is 72.9 Å². The van der Waals surface area contributed by atoms with E-state index in [2.05, 4.69) is 15.6 Å². The summed E-state index contributed by atoms with van der Waals surface area (Å²) in [5.74, 6) is 1.75. The second-order valence-corrected chi connectivity index (χ2v) is 6.07. The van der Waals surface area contributed by atoms with Crippen LogP contribution in [0.25, 0.3) is 0 Å². The number of methoxy groups -OCH3 is 1. The van der Waals surface area contributed by atoms with Crippen LogP contribution >= 0.6 is 0 Å². The molecule has 3 rings (SSSR count). The molecule has 28 heavy (non-hydrogen) atoms. The molecule has 0 bridgehead atoms. The molecular formula is C22H23N3O3. The number of pyridine rings is 1. The van der Waals surface area contributed by atoms with Gasteiger partial charge in [-0.15, -0.1) is 0 Å². The summed E-state index contributed by atoms with van der Waals surface area (Å²) in [6, 6.07) is 20.3. The number of carbonyl (C=O) groups excluding carboxylic acids is 1. The number of nitrogens with one attached hydrogen (secondary N) is 2. The molecule has 0 radical (unpaired) electrons. The van der Waals surface area contributed by atoms with Gasteiger partial charge in [-0.05, 0) is 42.8 Å². The summed E-state index contributed by atoms with van der Waals surface area (Å²) < 4.78 is 10.9. The van der Waals surface area contributed by atoms with E-state index in [9.17, 15) is 4.79 Å². The van der Waals surface area contributed by atoms with Gasteiger partial charge in [-0.3, -0.25) is 4.79 Å². The number of anilines is 2. The van der Waals surface area contributed by atoms with E-state index in [4.69, 9.17) is 9.47 Å². The van der Waals surface area contributed by atoms with E-state index in [0.29, 0.717) is 29.4 Å². The van der Waals surface area contributed by atoms with Crippen LogP contribution in [0.5, 0.6) is 11.5 Å². The molecule has 3 aromatic rings. The Balaban J connectivity index is 1.63. The van der Waals surface area contributed by atoms with Crippen LogP contribution in [-0.2, 0) is 4.74 Å². The highest BCUT2D eigenvalue weighted by atomic mass is 16.5. The van der Waals surface area contributed by atoms with Gasteiger partial charge >= 0.3 is 0 Å². The number of carbonyl (C=O) groups is 1. The number of ether oxygens (including phenoxy) is 2. The molecule has 0 aliphatic heterocycles. The van der Waals surface area contributed by atoms with Crippen LogP contribution in [0.4, 0.5) is 11.5 Å². The van der Waals surface area contributed by atoms with Crippen LogP contribution in [-0.4, -0.2) is 31.2 Å². The van der Waals surface area contributed by atoms with E-state index < -0.39 is 0 Å². The number of hydrogen-bond donors (Lipinski definition) is 2. The molecule has 0 aliphatic rings. The van der Waals surface area contributed by atoms with Crippen LogP contribution < -0.4 is 15.4 Å². The van der Waals surface area contributed by atoms with Crippen molar-refractivity contribution >= 4 is 17.4 Å². The fourth-order valence-corrected chi connectivity index (χ4v) is 2.53. The number of aromatic nitrogens is 1. The standard InChI is InChI=1S/C22H23N3O3/c1-27-15-7-14-23-21-13-12-17(16-24-21)22(26)25-19-10-5-6-11-20(19)28-18-8-3-2-4-9-18/h2-6,8-13,16H,7,14-15H2,1H3,(H,23,24)(H,25,26). The fraction of sp³-hybridized carbons (Fsp3) is 0.182. The Morgan fingerprint density at radius 2 is 1.79 bits per heavy atom. The van der Waals surface area contributed by atoms with Gasteiger partial charge in [-0.25, -0.2) is 4.98 Å². The molecule has 144 valence electrons. The lowest BCUT2D eigenvalue weighted by atomic mass is 10.2. The molecule has 0 fully saturated rings. The van der Waals surface area contributed by atoms with Crippen molar-refractivity contribution in [1.82, 2.24) is 4.98 Å². The normalized spacial score (nSPS) is 10.3. The summed E-state index contributed by atoms with van der Waals surface area (Å²) in [7, 11) is 1.68. The second-order valence-electron chi connectivity index (χ2n) is 6.07. The summed E-state index contributed by atoms with van der Waals surface area (Å²) in [4.78, 5) is 16.9. The van der Waals surface area contributed by atoms with Crippen molar-refractivity contribution in [2.75, 3.05) is 30.9 Å². The minimum absolute atomic E-state index is 0.248. The molecule has 6 nitrogen and oxygen atoms in total. The van der Waals surface area contributed by atoms with Gasteiger partial charge in [0.1, 0.15) is 11.6 Å². The molecule has 0 saturated heterocycles. The lowest BCUT2D eigenvalue weighted by molar-refractivity contribution is 0.102. The molecule has 0 unspecified atom stereocenters. The number of hydrogen-bond acceptors (Lipinski definition) is 5. The van der Waals surface area contributed by atoms with E-state index in [1.807, 2.05) is 48.5 Å². The highest BCUT2D eigenvalue weighted by Gasteiger charge is 2.11. The lowest BCUT2D eigenvalue weighted by Gasteiger charge is -2.12. The van der Waals surface area contributed by atoms with Gasteiger partial charge in [0.15, 0.2) is 5.75 Å². The summed E-state index contributed by atoms with van der Waals surface area (Å²) >= 11 is 0. The molecule has 0 saturated carbocycles. The predicted octanol–water partition coefficient (Wildman–Crippen LogP) is 4.57. The van der Waals surface area contributed by atoms with Crippen molar-refractivity contribution in [2.24, 2.45) is 0 Å². The summed E-state index contributed by atoms with van der Waals surface area (Å²) in [5.41, 5.74) is 1.06. The zero-order valence-corrected chi connectivity index (χ0v) is 15.7. The lowest BCUT2D eigenvalue weighted by Crippen LogP contribution is -2.13. The third-order valence-electron chi connectivity index (χ3n) is 3.96. The van der Waals surface area contributed by atoms with E-state index in [1.54, 1.807) is 31.5 Å². The predicted molar refractivity (Wildman–Crippen MR) is 110 cm³/mol. The number of rotatable bonds is 9. The first-order chi connectivity index (χ1) is 13.8. The second kappa shape index (κ2) is 10.1. The minimum atomic E-state index is -0.248. The monoisotopic (exact) mass is 377 g/mol. The minimum Gasteiger partial charge on any atom is -0.455 e. The van der Waals surface area contributed by atoms with Gasteiger partial charge < -0.3 is 20.1 Å². The van der Waals surface area contributed by atoms with Gasteiger partial charge in [-0.1, -0.05) is 30.3 Å². The Bertz CT molecular complexity index is 883. The maximum Gasteiger partial charge on any atom is 0.257 e. The third kappa shape index (κ3) is 5.56. The Labute approximate surface area is 164 Å². The van der Waals surface area contributed by atoms with Crippen molar-refractivity contribution in [2.45, 2.75) is 6.42 Å². The zero-order valence-electron chi connectivity index (χ0n) is 15.7. The average Bonchev–Trinajstić information content (AvgIpc) is 2.74. The molecule has 2 N–H and O–H groups in total. The number of para-hydroxylation sites is 3. The molecule has 1 heterocycles. The van der Waals surface area contributed by atoms with Gasteiger partial charge in [0.05, 0.1) is 11.3 Å². The van der Waals surface area contributed by atoms with Crippen molar-refractivity contribution in [3.63, 3.8) is 0 Å². The number of nitrogens with zero attached hydrogens (tertiary/aromatic N) is 1. The average molecular weight is 377 g/mol. The highest BCUT2D eigenvalue weighted by molar-refractivity contribution is 6.04. The Morgan fingerprint density at radius 3 is 2.54 bits per heavy atom. The van der Waals surface area contributed by atoms with E-state index in [1.165, 1.54) is 0 Å². The van der Waals surface area contributed by atoms with E-state index in [0.717, 1.165) is 18.8 Å². The van der Waals surface area contributed by atoms with E-state index >= 15 is 0 Å². The van der Waals surface area contributed by atoms with Crippen LogP contribution in [0, 0.1) is 0 Å². The van der Waals surface area contributed by atoms with Crippen molar-refractivity contribution in [1.29, 1.82) is 0 Å². The summed E-state index contributed by atoms with van der Waals surface area (Å²) in [6.07, 6.45) is 2.44. The quantitative estimate of drug-likeness (QED) is 0.534. The van der Waals surface area contributed by atoms with Gasteiger partial charge in [0.2, 0.25) is 0 Å². The van der Waals surface area contributed by atoms with Crippen molar-refractivity contribution in [3.05, 3.63) is 78.5 Å². The van der Waals surface area contributed by atoms with Crippen LogP contribution in [0.1, 0.15) is 16.8 Å². The van der Waals surface area contributed by atoms with Crippen molar-refractivity contribution in [3.8, 4) is 11.5 Å². The molecule has 1 amide bonds. The molecule has 0 atom stereocenters. The summed E-state index contributed by atoms with van der Waals surface area (Å²) in [6.45, 7) is 1.45. The fourth-order valence-electron chi connectivity index (χ4n) is 2.53. The zero-order chi connectivity index (χ0) is 19.6. The Kier molecular flexibility index (Phi) is 6.98. The van der Waals surface area contributed by atoms with Crippen molar-refractivity contribution < 1.29 is 14.3 Å². The first-order valence-electron chi connectivity index (χ1n) is 9.08. The maximum absolute atomic E-state index is 12.6. The summed E-state index contributed by atoms with van der Waals surface area (Å²) in [5, 5.41) is 6.07. The molecular weight excluding hydrogens is 354 g/mol. The maximum atomic E-state index is 12.6. The van der Waals surface area contributed by atoms with Crippen LogP contribution in [0.3, 0.4) is 0 Å².